The maximum Gasteiger partial charge on any atom is 0.406 e. The lowest BCUT2D eigenvalue weighted by Crippen LogP contribution is -2.43. The van der Waals surface area contributed by atoms with Gasteiger partial charge in [0.05, 0.1) is 47.9 Å². The lowest BCUT2D eigenvalue weighted by atomic mass is 9.91. The molecule has 7 nitrogen and oxygen atoms in total. The molecule has 1 aliphatic rings. The molecule has 3 aromatic rings. The van der Waals surface area contributed by atoms with Crippen molar-refractivity contribution < 1.29 is 18.3 Å². The van der Waals surface area contributed by atoms with Crippen LogP contribution in [0.3, 0.4) is 0 Å². The Balaban J connectivity index is 1.43. The van der Waals surface area contributed by atoms with Gasteiger partial charge in [-0.05, 0) is 81.6 Å². The fourth-order valence-corrected chi connectivity index (χ4v) is 4.85. The van der Waals surface area contributed by atoms with Crippen LogP contribution in [0.25, 0.3) is 10.9 Å². The minimum atomic E-state index is -4.38. The third-order valence-corrected chi connectivity index (χ3v) is 7.18. The normalized spacial score (nSPS) is 15.0. The van der Waals surface area contributed by atoms with Crippen molar-refractivity contribution in [1.82, 2.24) is 19.8 Å². The number of aliphatic hydroxyl groups excluding tert-OH is 1. The third-order valence-electron chi connectivity index (χ3n) is 7.18. The van der Waals surface area contributed by atoms with Gasteiger partial charge in [0.2, 0.25) is 0 Å². The Morgan fingerprint density at radius 2 is 1.90 bits per heavy atom. The van der Waals surface area contributed by atoms with Crippen molar-refractivity contribution >= 4 is 16.6 Å². The van der Waals surface area contributed by atoms with E-state index < -0.39 is 18.1 Å². The Labute approximate surface area is 233 Å². The summed E-state index contributed by atoms with van der Waals surface area (Å²) < 4.78 is 41.5. The summed E-state index contributed by atoms with van der Waals surface area (Å²) >= 11 is 0. The molecule has 0 amide bonds. The molecule has 1 saturated heterocycles. The first kappa shape index (κ1) is 29.4. The third kappa shape index (κ3) is 7.76. The highest BCUT2D eigenvalue weighted by atomic mass is 19.4. The zero-order chi connectivity index (χ0) is 28.8. The maximum atomic E-state index is 13.4. The molecule has 2 aromatic heterocycles. The number of nitriles is 1. The Kier molecular flexibility index (Phi) is 9.36. The first-order valence-electron chi connectivity index (χ1n) is 13.4. The number of likely N-dealkylation sites (tertiary alicyclic amines) is 1. The summed E-state index contributed by atoms with van der Waals surface area (Å²) in [4.78, 5) is 6.57. The van der Waals surface area contributed by atoms with Gasteiger partial charge in [-0.15, -0.1) is 0 Å². The highest BCUT2D eigenvalue weighted by Crippen LogP contribution is 2.27. The number of hydrogen-bond donors (Lipinski definition) is 3. The fraction of sp³-hybridized carbons (Fsp3) is 0.467. The minimum Gasteiger partial charge on any atom is -0.395 e. The van der Waals surface area contributed by atoms with Crippen LogP contribution in [-0.4, -0.2) is 64.6 Å². The summed E-state index contributed by atoms with van der Waals surface area (Å²) in [6, 6.07) is 13.4. The van der Waals surface area contributed by atoms with E-state index in [1.807, 2.05) is 12.1 Å². The van der Waals surface area contributed by atoms with Crippen LogP contribution in [0.5, 0.6) is 0 Å². The molecule has 0 radical (unpaired) electrons. The van der Waals surface area contributed by atoms with E-state index in [1.54, 1.807) is 44.3 Å². The van der Waals surface area contributed by atoms with Gasteiger partial charge in [0.15, 0.2) is 0 Å². The molecule has 3 N–H and O–H groups in total. The highest BCUT2D eigenvalue weighted by molar-refractivity contribution is 5.83. The molecule has 0 saturated carbocycles. The topological polar surface area (TPSA) is 89.1 Å². The van der Waals surface area contributed by atoms with Crippen LogP contribution < -0.4 is 10.6 Å². The Morgan fingerprint density at radius 1 is 1.12 bits per heavy atom. The van der Waals surface area contributed by atoms with E-state index in [0.29, 0.717) is 41.7 Å². The van der Waals surface area contributed by atoms with Crippen LogP contribution in [0.2, 0.25) is 0 Å². The summed E-state index contributed by atoms with van der Waals surface area (Å²) in [7, 11) is 0. The van der Waals surface area contributed by atoms with Gasteiger partial charge in [-0.3, -0.25) is 4.98 Å². The molecule has 1 aromatic carbocycles. The smallest absolute Gasteiger partial charge is 0.395 e. The van der Waals surface area contributed by atoms with Crippen molar-refractivity contribution in [2.24, 2.45) is 0 Å². The van der Waals surface area contributed by atoms with Crippen LogP contribution >= 0.6 is 0 Å². The van der Waals surface area contributed by atoms with E-state index in [0.717, 1.165) is 36.9 Å². The molecule has 212 valence electrons. The summed E-state index contributed by atoms with van der Waals surface area (Å²) in [5, 5.41) is 25.8. The Bertz CT molecular complexity index is 1390. The number of alkyl halides is 3. The van der Waals surface area contributed by atoms with Crippen LogP contribution in [0.15, 0.2) is 42.6 Å². The van der Waals surface area contributed by atoms with Gasteiger partial charge in [0.1, 0.15) is 6.54 Å². The number of aliphatic hydroxyl groups is 1. The summed E-state index contributed by atoms with van der Waals surface area (Å²) in [5.74, 6) is 5.83. The van der Waals surface area contributed by atoms with E-state index in [2.05, 4.69) is 38.4 Å². The summed E-state index contributed by atoms with van der Waals surface area (Å²) in [6.07, 6.45) is -0.771. The maximum absolute atomic E-state index is 13.4. The number of halogens is 3. The largest absolute Gasteiger partial charge is 0.406 e. The molecule has 0 atom stereocenters. The second-order valence-electron chi connectivity index (χ2n) is 10.7. The van der Waals surface area contributed by atoms with Gasteiger partial charge in [0.25, 0.3) is 0 Å². The predicted molar refractivity (Wildman–Crippen MR) is 150 cm³/mol. The molecule has 0 unspecified atom stereocenters. The Hall–Kier alpha value is -3.57. The van der Waals surface area contributed by atoms with Gasteiger partial charge in [-0.1, -0.05) is 12.0 Å². The zero-order valence-electron chi connectivity index (χ0n) is 22.9. The number of nitrogens with one attached hydrogen (secondary N) is 2. The molecule has 4 rings (SSSR count). The monoisotopic (exact) mass is 552 g/mol. The highest BCUT2D eigenvalue weighted by Gasteiger charge is 2.29. The van der Waals surface area contributed by atoms with Gasteiger partial charge < -0.3 is 25.2 Å². The number of nitrogens with zero attached hydrogens (tertiary/aromatic N) is 4. The number of fused-ring (bicyclic) bond motifs is 1. The van der Waals surface area contributed by atoms with Crippen LogP contribution in [0.1, 0.15) is 43.6 Å². The van der Waals surface area contributed by atoms with Crippen LogP contribution in [0.4, 0.5) is 18.9 Å². The van der Waals surface area contributed by atoms with Crippen LogP contribution in [-0.2, 0) is 18.5 Å². The number of hydrogen-bond acceptors (Lipinski definition) is 6. The molecule has 10 heteroatoms. The molecular weight excluding hydrogens is 517 g/mol. The van der Waals surface area contributed by atoms with Gasteiger partial charge in [-0.2, -0.15) is 18.4 Å². The lowest BCUT2D eigenvalue weighted by molar-refractivity contribution is -0.140. The molecule has 0 bridgehead atoms. The van der Waals surface area contributed by atoms with Gasteiger partial charge >= 0.3 is 6.18 Å². The lowest BCUT2D eigenvalue weighted by Gasteiger charge is -2.32. The Morgan fingerprint density at radius 3 is 2.55 bits per heavy atom. The fourth-order valence-electron chi connectivity index (χ4n) is 4.85. The van der Waals surface area contributed by atoms with Crippen molar-refractivity contribution in [3.63, 3.8) is 0 Å². The predicted octanol–water partition coefficient (Wildman–Crippen LogP) is 4.41. The van der Waals surface area contributed by atoms with Crippen molar-refractivity contribution in [3.8, 4) is 17.9 Å². The minimum absolute atomic E-state index is 0.170. The standard InChI is InChI=1S/C30H35F3N6O/c1-29(2,20-34)28-8-6-25(19-37-28)35-11-3-4-26-17-23-16-22(5-7-27(23)39(26)21-30(31,32)33)18-36-24-9-12-38(13-10-24)14-15-40/h5-8,16-17,19,24,35-36,40H,9-15,18,21H2,1-2H3. The summed E-state index contributed by atoms with van der Waals surface area (Å²) in [6.45, 7) is 6.07. The number of benzene rings is 1. The molecular formula is C30H35F3N6O. The number of piperidine rings is 1. The van der Waals surface area contributed by atoms with Gasteiger partial charge in [-0.25, -0.2) is 0 Å². The number of anilines is 1. The molecule has 0 aliphatic carbocycles. The number of pyridine rings is 1. The average molecular weight is 553 g/mol. The van der Waals surface area contributed by atoms with E-state index in [4.69, 9.17) is 5.11 Å². The molecule has 1 fully saturated rings. The van der Waals surface area contributed by atoms with E-state index in [1.165, 1.54) is 4.57 Å². The summed E-state index contributed by atoms with van der Waals surface area (Å²) in [5.41, 5.74) is 2.47. The van der Waals surface area contributed by atoms with Gasteiger partial charge in [0, 0.05) is 30.0 Å². The van der Waals surface area contributed by atoms with E-state index in [9.17, 15) is 18.4 Å². The van der Waals surface area contributed by atoms with Crippen molar-refractivity contribution in [2.75, 3.05) is 38.1 Å². The first-order valence-corrected chi connectivity index (χ1v) is 13.4. The average Bonchev–Trinajstić information content (AvgIpc) is 3.26. The first-order chi connectivity index (χ1) is 19.1. The molecule has 40 heavy (non-hydrogen) atoms. The van der Waals surface area contributed by atoms with Crippen molar-refractivity contribution in [1.29, 1.82) is 5.26 Å². The quantitative estimate of drug-likeness (QED) is 0.341. The van der Waals surface area contributed by atoms with E-state index in [-0.39, 0.29) is 13.2 Å². The number of aromatic nitrogens is 2. The second-order valence-corrected chi connectivity index (χ2v) is 10.7. The molecule has 0 spiro atoms. The van der Waals surface area contributed by atoms with Crippen molar-refractivity contribution in [3.05, 3.63) is 59.5 Å². The van der Waals surface area contributed by atoms with Crippen LogP contribution in [0, 0.1) is 23.2 Å². The van der Waals surface area contributed by atoms with E-state index >= 15 is 0 Å². The second kappa shape index (κ2) is 12.7. The number of rotatable bonds is 9. The molecule has 3 heterocycles. The molecule has 1 aliphatic heterocycles. The number of β-amino-alcohol motifs (C(OH)–C–C–N with tert-alkyl or cyclic N) is 1. The zero-order valence-corrected chi connectivity index (χ0v) is 22.9. The van der Waals surface area contributed by atoms with Crippen molar-refractivity contribution in [2.45, 2.75) is 57.4 Å². The SMILES string of the molecule is CC(C)(C#N)c1ccc(NCC#Cc2cc3cc(CNC4CCN(CCO)CC4)ccc3n2CC(F)(F)F)cn1.